The fourth-order valence-electron chi connectivity index (χ4n) is 2.14. The van der Waals surface area contributed by atoms with Crippen molar-refractivity contribution in [3.63, 3.8) is 0 Å². The Hall–Kier alpha value is -2.14. The van der Waals surface area contributed by atoms with Crippen molar-refractivity contribution in [2.75, 3.05) is 11.1 Å². The van der Waals surface area contributed by atoms with E-state index in [1.807, 2.05) is 24.3 Å². The number of aryl methyl sites for hydroxylation is 2. The van der Waals surface area contributed by atoms with E-state index >= 15 is 0 Å². The highest BCUT2D eigenvalue weighted by Gasteiger charge is 2.07. The molecule has 1 aromatic carbocycles. The zero-order valence-electron chi connectivity index (χ0n) is 11.5. The number of fused-ring (bicyclic) bond motifs is 1. The van der Waals surface area contributed by atoms with Crippen molar-refractivity contribution in [3.8, 4) is 0 Å². The van der Waals surface area contributed by atoms with Gasteiger partial charge in [0.2, 0.25) is 5.95 Å². The van der Waals surface area contributed by atoms with Gasteiger partial charge in [0, 0.05) is 15.1 Å². The van der Waals surface area contributed by atoms with Crippen LogP contribution in [0.5, 0.6) is 0 Å². The van der Waals surface area contributed by atoms with Crippen LogP contribution in [-0.2, 0) is 6.54 Å². The molecular formula is C15H16N4S. The Kier molecular flexibility index (Phi) is 3.28. The number of hydrogen-bond donors (Lipinski definition) is 2. The molecule has 0 amide bonds. The van der Waals surface area contributed by atoms with Gasteiger partial charge in [0.25, 0.3) is 0 Å². The second kappa shape index (κ2) is 5.09. The van der Waals surface area contributed by atoms with Crippen LogP contribution in [0.2, 0.25) is 0 Å². The molecule has 5 heteroatoms. The minimum Gasteiger partial charge on any atom is -0.368 e. The molecule has 0 saturated carbocycles. The molecule has 2 aromatic heterocycles. The van der Waals surface area contributed by atoms with E-state index in [9.17, 15) is 0 Å². The molecule has 0 aliphatic heterocycles. The van der Waals surface area contributed by atoms with Crippen molar-refractivity contribution in [2.24, 2.45) is 0 Å². The molecule has 3 rings (SSSR count). The summed E-state index contributed by atoms with van der Waals surface area (Å²) in [6.07, 6.45) is 0. The molecule has 4 nitrogen and oxygen atoms in total. The highest BCUT2D eigenvalue weighted by molar-refractivity contribution is 7.12. The average Bonchev–Trinajstić information content (AvgIpc) is 2.75. The maximum atomic E-state index is 5.76. The molecular weight excluding hydrogens is 268 g/mol. The standard InChI is InChI=1S/C15H16N4S/c1-9-7-11(20-10(9)2)8-17-14-12-5-3-4-6-13(12)18-15(16)19-14/h3-7H,8H2,1-2H3,(H3,16,17,18,19). The maximum Gasteiger partial charge on any atom is 0.222 e. The molecule has 0 aliphatic rings. The van der Waals surface area contributed by atoms with Crippen molar-refractivity contribution in [2.45, 2.75) is 20.4 Å². The number of anilines is 2. The molecule has 0 bridgehead atoms. The zero-order valence-corrected chi connectivity index (χ0v) is 12.3. The summed E-state index contributed by atoms with van der Waals surface area (Å²) in [5, 5.41) is 4.36. The lowest BCUT2D eigenvalue weighted by Crippen LogP contribution is -2.04. The predicted molar refractivity (Wildman–Crippen MR) is 85.1 cm³/mol. The molecule has 2 heterocycles. The second-order valence-electron chi connectivity index (χ2n) is 4.75. The number of thiophene rings is 1. The first-order valence-electron chi connectivity index (χ1n) is 6.45. The van der Waals surface area contributed by atoms with E-state index in [1.54, 1.807) is 11.3 Å². The van der Waals surface area contributed by atoms with Crippen LogP contribution in [0.1, 0.15) is 15.3 Å². The van der Waals surface area contributed by atoms with Crippen molar-refractivity contribution < 1.29 is 0 Å². The summed E-state index contributed by atoms with van der Waals surface area (Å²) in [6.45, 7) is 5.02. The first-order valence-corrected chi connectivity index (χ1v) is 7.27. The van der Waals surface area contributed by atoms with E-state index in [0.29, 0.717) is 5.95 Å². The predicted octanol–water partition coefficient (Wildman–Crippen LogP) is 3.50. The van der Waals surface area contributed by atoms with Crippen molar-refractivity contribution in [1.82, 2.24) is 9.97 Å². The molecule has 0 atom stereocenters. The molecule has 3 N–H and O–H groups in total. The largest absolute Gasteiger partial charge is 0.368 e. The number of hydrogen-bond acceptors (Lipinski definition) is 5. The van der Waals surface area contributed by atoms with E-state index in [0.717, 1.165) is 23.3 Å². The number of rotatable bonds is 3. The summed E-state index contributed by atoms with van der Waals surface area (Å²) in [4.78, 5) is 11.2. The topological polar surface area (TPSA) is 63.8 Å². The quantitative estimate of drug-likeness (QED) is 0.772. The lowest BCUT2D eigenvalue weighted by atomic mass is 10.2. The van der Waals surface area contributed by atoms with Gasteiger partial charge in [-0.3, -0.25) is 0 Å². The highest BCUT2D eigenvalue weighted by atomic mass is 32.1. The minimum atomic E-state index is 0.296. The van der Waals surface area contributed by atoms with Crippen LogP contribution in [0.15, 0.2) is 30.3 Å². The van der Waals surface area contributed by atoms with E-state index in [2.05, 4.69) is 35.2 Å². The SMILES string of the molecule is Cc1cc(CNc2nc(N)nc3ccccc23)sc1C. The third-order valence-corrected chi connectivity index (χ3v) is 4.42. The fraction of sp³-hybridized carbons (Fsp3) is 0.200. The van der Waals surface area contributed by atoms with Gasteiger partial charge >= 0.3 is 0 Å². The van der Waals surface area contributed by atoms with Crippen LogP contribution in [0.25, 0.3) is 10.9 Å². The van der Waals surface area contributed by atoms with Gasteiger partial charge in [-0.25, -0.2) is 4.98 Å². The van der Waals surface area contributed by atoms with Crippen molar-refractivity contribution in [1.29, 1.82) is 0 Å². The number of aromatic nitrogens is 2. The van der Waals surface area contributed by atoms with Crippen LogP contribution in [-0.4, -0.2) is 9.97 Å². The lowest BCUT2D eigenvalue weighted by Gasteiger charge is -2.08. The number of nitrogens with two attached hydrogens (primary N) is 1. The van der Waals surface area contributed by atoms with Gasteiger partial charge in [-0.1, -0.05) is 12.1 Å². The average molecular weight is 284 g/mol. The number of nitrogens with one attached hydrogen (secondary N) is 1. The number of nitrogens with zero attached hydrogens (tertiary/aromatic N) is 2. The van der Waals surface area contributed by atoms with Gasteiger partial charge in [-0.2, -0.15) is 4.98 Å². The summed E-state index contributed by atoms with van der Waals surface area (Å²) in [5.41, 5.74) is 7.96. The summed E-state index contributed by atoms with van der Waals surface area (Å²) in [6, 6.07) is 10.1. The van der Waals surface area contributed by atoms with E-state index in [-0.39, 0.29) is 0 Å². The summed E-state index contributed by atoms with van der Waals surface area (Å²) in [5.74, 6) is 1.08. The normalized spacial score (nSPS) is 10.9. The third-order valence-electron chi connectivity index (χ3n) is 3.27. The molecule has 0 fully saturated rings. The Balaban J connectivity index is 1.90. The Bertz CT molecular complexity index is 744. The van der Waals surface area contributed by atoms with Crippen molar-refractivity contribution in [3.05, 3.63) is 45.6 Å². The molecule has 0 radical (unpaired) electrons. The summed E-state index contributed by atoms with van der Waals surface area (Å²) >= 11 is 1.81. The van der Waals surface area contributed by atoms with Gasteiger partial charge < -0.3 is 11.1 Å². The molecule has 20 heavy (non-hydrogen) atoms. The van der Waals surface area contributed by atoms with Gasteiger partial charge in [0.15, 0.2) is 0 Å². The van der Waals surface area contributed by atoms with Crippen LogP contribution in [0.3, 0.4) is 0 Å². The van der Waals surface area contributed by atoms with Crippen LogP contribution < -0.4 is 11.1 Å². The second-order valence-corrected chi connectivity index (χ2v) is 6.09. The van der Waals surface area contributed by atoms with Gasteiger partial charge in [-0.05, 0) is 37.6 Å². The number of para-hydroxylation sites is 1. The smallest absolute Gasteiger partial charge is 0.222 e. The Morgan fingerprint density at radius 2 is 2.00 bits per heavy atom. The minimum absolute atomic E-state index is 0.296. The first-order chi connectivity index (χ1) is 9.63. The molecule has 0 unspecified atom stereocenters. The van der Waals surface area contributed by atoms with Gasteiger partial charge in [0.05, 0.1) is 12.1 Å². The van der Waals surface area contributed by atoms with E-state index in [4.69, 9.17) is 5.73 Å². The lowest BCUT2D eigenvalue weighted by molar-refractivity contribution is 1.13. The molecule has 102 valence electrons. The van der Waals surface area contributed by atoms with Crippen molar-refractivity contribution >= 4 is 34.0 Å². The Morgan fingerprint density at radius 1 is 1.20 bits per heavy atom. The fourth-order valence-corrected chi connectivity index (χ4v) is 3.13. The van der Waals surface area contributed by atoms with E-state index in [1.165, 1.54) is 15.3 Å². The molecule has 0 saturated heterocycles. The monoisotopic (exact) mass is 284 g/mol. The van der Waals surface area contributed by atoms with Gasteiger partial charge in [0.1, 0.15) is 5.82 Å². The number of benzene rings is 1. The van der Waals surface area contributed by atoms with Gasteiger partial charge in [-0.15, -0.1) is 11.3 Å². The highest BCUT2D eigenvalue weighted by Crippen LogP contribution is 2.24. The Labute approximate surface area is 121 Å². The molecule has 0 aliphatic carbocycles. The molecule has 3 aromatic rings. The van der Waals surface area contributed by atoms with Crippen LogP contribution in [0, 0.1) is 13.8 Å². The summed E-state index contributed by atoms with van der Waals surface area (Å²) < 4.78 is 0. The zero-order chi connectivity index (χ0) is 14.1. The first kappa shape index (κ1) is 12.9. The third kappa shape index (κ3) is 2.44. The van der Waals surface area contributed by atoms with E-state index < -0.39 is 0 Å². The number of nitrogen functional groups attached to an aromatic ring is 1. The van der Waals surface area contributed by atoms with Crippen LogP contribution >= 0.6 is 11.3 Å². The van der Waals surface area contributed by atoms with Crippen LogP contribution in [0.4, 0.5) is 11.8 Å². The Morgan fingerprint density at radius 3 is 2.75 bits per heavy atom. The summed E-state index contributed by atoms with van der Waals surface area (Å²) in [7, 11) is 0. The molecule has 0 spiro atoms. The maximum absolute atomic E-state index is 5.76.